The molecule has 0 radical (unpaired) electrons. The summed E-state index contributed by atoms with van der Waals surface area (Å²) in [5.74, 6) is 0.832. The molecule has 1 aromatic carbocycles. The first-order valence-corrected chi connectivity index (χ1v) is 5.15. The molecule has 0 atom stereocenters. The number of hydrogen-bond donors (Lipinski definition) is 0. The Hall–Kier alpha value is -1.57. The maximum absolute atomic E-state index is 11.5. The summed E-state index contributed by atoms with van der Waals surface area (Å²) >= 11 is 0. The molecule has 2 heteroatoms. The van der Waals surface area contributed by atoms with Gasteiger partial charge in [-0.05, 0) is 18.6 Å². The zero-order chi connectivity index (χ0) is 11.1. The molecule has 1 rings (SSSR count). The van der Waals surface area contributed by atoms with Crippen LogP contribution < -0.4 is 4.74 Å². The van der Waals surface area contributed by atoms with Gasteiger partial charge in [-0.3, -0.25) is 4.79 Å². The first kappa shape index (κ1) is 11.5. The van der Waals surface area contributed by atoms with Crippen LogP contribution in [0.25, 0.3) is 0 Å². The third kappa shape index (κ3) is 3.58. The lowest BCUT2D eigenvalue weighted by Crippen LogP contribution is -1.99. The van der Waals surface area contributed by atoms with Crippen LogP contribution in [-0.4, -0.2) is 12.4 Å². The smallest absolute Gasteiger partial charge is 0.166 e. The first-order chi connectivity index (χ1) is 7.27. The number of Topliss-reactive ketones (excluding diaryl/α,β-unsaturated/α-hetero) is 1. The first-order valence-electron chi connectivity index (χ1n) is 5.15. The van der Waals surface area contributed by atoms with Gasteiger partial charge in [0.25, 0.3) is 0 Å². The number of hydrogen-bond acceptors (Lipinski definition) is 2. The number of ketones is 1. The van der Waals surface area contributed by atoms with Gasteiger partial charge in [-0.25, -0.2) is 0 Å². The van der Waals surface area contributed by atoms with Gasteiger partial charge in [0.2, 0.25) is 0 Å². The normalized spacial score (nSPS) is 9.67. The van der Waals surface area contributed by atoms with Gasteiger partial charge in [0.15, 0.2) is 5.78 Å². The van der Waals surface area contributed by atoms with E-state index >= 15 is 0 Å². The Kier molecular flexibility index (Phi) is 4.61. The molecule has 0 spiro atoms. The molecule has 0 bridgehead atoms. The van der Waals surface area contributed by atoms with Crippen LogP contribution in [0.1, 0.15) is 30.1 Å². The van der Waals surface area contributed by atoms with Crippen molar-refractivity contribution in [3.63, 3.8) is 0 Å². The van der Waals surface area contributed by atoms with Gasteiger partial charge in [0, 0.05) is 12.0 Å². The van der Waals surface area contributed by atoms with Crippen LogP contribution in [0, 0.1) is 0 Å². The molecular weight excluding hydrogens is 188 g/mol. The zero-order valence-corrected chi connectivity index (χ0v) is 9.03. The van der Waals surface area contributed by atoms with Gasteiger partial charge in [-0.2, -0.15) is 0 Å². The fourth-order valence-corrected chi connectivity index (χ4v) is 1.23. The SMILES string of the molecule is C=CCC(=O)c1cccc(OCCC)c1. The van der Waals surface area contributed by atoms with Gasteiger partial charge in [0.05, 0.1) is 6.61 Å². The van der Waals surface area contributed by atoms with E-state index in [1.165, 1.54) is 0 Å². The van der Waals surface area contributed by atoms with E-state index in [4.69, 9.17) is 4.74 Å². The summed E-state index contributed by atoms with van der Waals surface area (Å²) < 4.78 is 5.45. The second kappa shape index (κ2) is 6.02. The Morgan fingerprint density at radius 1 is 1.53 bits per heavy atom. The molecule has 15 heavy (non-hydrogen) atoms. The summed E-state index contributed by atoms with van der Waals surface area (Å²) in [6, 6.07) is 7.27. The molecule has 0 aliphatic heterocycles. The lowest BCUT2D eigenvalue weighted by atomic mass is 10.1. The van der Waals surface area contributed by atoms with Crippen molar-refractivity contribution >= 4 is 5.78 Å². The minimum absolute atomic E-state index is 0.0759. The summed E-state index contributed by atoms with van der Waals surface area (Å²) in [5.41, 5.74) is 0.684. The molecule has 0 aliphatic carbocycles. The molecule has 0 heterocycles. The fraction of sp³-hybridized carbons (Fsp3) is 0.308. The Morgan fingerprint density at radius 2 is 2.33 bits per heavy atom. The maximum Gasteiger partial charge on any atom is 0.166 e. The van der Waals surface area contributed by atoms with E-state index in [-0.39, 0.29) is 5.78 Å². The monoisotopic (exact) mass is 204 g/mol. The lowest BCUT2D eigenvalue weighted by molar-refractivity contribution is 0.0995. The van der Waals surface area contributed by atoms with Gasteiger partial charge in [-0.1, -0.05) is 25.1 Å². The van der Waals surface area contributed by atoms with Gasteiger partial charge < -0.3 is 4.74 Å². The van der Waals surface area contributed by atoms with Crippen molar-refractivity contribution in [1.82, 2.24) is 0 Å². The average Bonchev–Trinajstić information content (AvgIpc) is 2.27. The molecule has 0 fully saturated rings. The topological polar surface area (TPSA) is 26.3 Å². The van der Waals surface area contributed by atoms with Crippen LogP contribution >= 0.6 is 0 Å². The summed E-state index contributed by atoms with van der Waals surface area (Å²) in [6.07, 6.45) is 2.95. The molecular formula is C13H16O2. The number of ether oxygens (including phenoxy) is 1. The van der Waals surface area contributed by atoms with E-state index in [2.05, 4.69) is 6.58 Å². The highest BCUT2D eigenvalue weighted by Gasteiger charge is 2.04. The third-order valence-corrected chi connectivity index (χ3v) is 1.96. The highest BCUT2D eigenvalue weighted by Crippen LogP contribution is 2.15. The van der Waals surface area contributed by atoms with E-state index in [0.717, 1.165) is 12.2 Å². The summed E-state index contributed by atoms with van der Waals surface area (Å²) in [5, 5.41) is 0. The van der Waals surface area contributed by atoms with Gasteiger partial charge in [0.1, 0.15) is 5.75 Å². The molecule has 0 saturated heterocycles. The van der Waals surface area contributed by atoms with E-state index in [9.17, 15) is 4.79 Å². The standard InChI is InChI=1S/C13H16O2/c1-3-6-13(14)11-7-5-8-12(10-11)15-9-4-2/h3,5,7-8,10H,1,4,6,9H2,2H3. The van der Waals surface area contributed by atoms with Crippen LogP contribution in [0.2, 0.25) is 0 Å². The van der Waals surface area contributed by atoms with Gasteiger partial charge >= 0.3 is 0 Å². The molecule has 0 amide bonds. The second-order valence-electron chi connectivity index (χ2n) is 3.29. The molecule has 2 nitrogen and oxygen atoms in total. The minimum Gasteiger partial charge on any atom is -0.494 e. The van der Waals surface area contributed by atoms with E-state index < -0.39 is 0 Å². The molecule has 0 saturated carbocycles. The Balaban J connectivity index is 2.73. The van der Waals surface area contributed by atoms with Crippen molar-refractivity contribution in [2.24, 2.45) is 0 Å². The average molecular weight is 204 g/mol. The summed E-state index contributed by atoms with van der Waals surface area (Å²) in [6.45, 7) is 6.27. The fourth-order valence-electron chi connectivity index (χ4n) is 1.23. The van der Waals surface area contributed by atoms with Crippen molar-refractivity contribution in [3.05, 3.63) is 42.5 Å². The van der Waals surface area contributed by atoms with Crippen LogP contribution in [0.4, 0.5) is 0 Å². The van der Waals surface area contributed by atoms with Crippen molar-refractivity contribution in [2.45, 2.75) is 19.8 Å². The number of carbonyl (C=O) groups excluding carboxylic acids is 1. The van der Waals surface area contributed by atoms with E-state index in [0.29, 0.717) is 18.6 Å². The predicted molar refractivity (Wildman–Crippen MR) is 61.4 cm³/mol. The molecule has 0 aliphatic rings. The number of carbonyl (C=O) groups is 1. The van der Waals surface area contributed by atoms with E-state index in [1.54, 1.807) is 18.2 Å². The highest BCUT2D eigenvalue weighted by molar-refractivity contribution is 5.97. The summed E-state index contributed by atoms with van der Waals surface area (Å²) in [7, 11) is 0. The lowest BCUT2D eigenvalue weighted by Gasteiger charge is -2.05. The molecule has 80 valence electrons. The van der Waals surface area contributed by atoms with Crippen LogP contribution in [-0.2, 0) is 0 Å². The van der Waals surface area contributed by atoms with Crippen LogP contribution in [0.5, 0.6) is 5.75 Å². The molecule has 0 aromatic heterocycles. The minimum atomic E-state index is 0.0759. The van der Waals surface area contributed by atoms with Crippen LogP contribution in [0.3, 0.4) is 0 Å². The quantitative estimate of drug-likeness (QED) is 0.525. The summed E-state index contributed by atoms with van der Waals surface area (Å²) in [4.78, 5) is 11.5. The van der Waals surface area contributed by atoms with E-state index in [1.807, 2.05) is 19.1 Å². The van der Waals surface area contributed by atoms with Crippen molar-refractivity contribution in [2.75, 3.05) is 6.61 Å². The number of allylic oxidation sites excluding steroid dienone is 1. The molecule has 0 unspecified atom stereocenters. The molecule has 0 N–H and O–H groups in total. The molecule has 1 aromatic rings. The third-order valence-electron chi connectivity index (χ3n) is 1.96. The maximum atomic E-state index is 11.5. The Bertz CT molecular complexity index is 342. The Morgan fingerprint density at radius 3 is 3.00 bits per heavy atom. The Labute approximate surface area is 90.6 Å². The van der Waals surface area contributed by atoms with Crippen molar-refractivity contribution < 1.29 is 9.53 Å². The van der Waals surface area contributed by atoms with Crippen molar-refractivity contribution in [3.8, 4) is 5.75 Å². The highest BCUT2D eigenvalue weighted by atomic mass is 16.5. The number of benzene rings is 1. The zero-order valence-electron chi connectivity index (χ0n) is 9.03. The predicted octanol–water partition coefficient (Wildman–Crippen LogP) is 3.23. The van der Waals surface area contributed by atoms with Crippen LogP contribution in [0.15, 0.2) is 36.9 Å². The largest absolute Gasteiger partial charge is 0.494 e. The van der Waals surface area contributed by atoms with Crippen molar-refractivity contribution in [1.29, 1.82) is 0 Å². The second-order valence-corrected chi connectivity index (χ2v) is 3.29. The number of rotatable bonds is 6. The van der Waals surface area contributed by atoms with Gasteiger partial charge in [-0.15, -0.1) is 6.58 Å².